The molecule has 5 nitrogen and oxygen atoms in total. The third-order valence-corrected chi connectivity index (χ3v) is 5.21. The van der Waals surface area contributed by atoms with Crippen LogP contribution in [0.25, 0.3) is 0 Å². The maximum atomic E-state index is 12.4. The first-order valence-electron chi connectivity index (χ1n) is 6.02. The first-order chi connectivity index (χ1) is 9.58. The Balaban J connectivity index is 2.55. The summed E-state index contributed by atoms with van der Waals surface area (Å²) in [4.78, 5) is 11.6. The molecular weight excluding hydrogens is 309 g/mol. The topological polar surface area (TPSA) is 89.3 Å². The summed E-state index contributed by atoms with van der Waals surface area (Å²) in [7, 11) is -3.63. The van der Waals surface area contributed by atoms with Crippen LogP contribution in [0.1, 0.15) is 12.0 Å². The lowest BCUT2D eigenvalue weighted by Crippen LogP contribution is -2.57. The summed E-state index contributed by atoms with van der Waals surface area (Å²) in [6, 6.07) is 5.46. The maximum absolute atomic E-state index is 12.4. The first-order valence-corrected chi connectivity index (χ1v) is 7.68. The Morgan fingerprint density at radius 1 is 1.33 bits per heavy atom. The van der Waals surface area contributed by atoms with Gasteiger partial charge in [0.15, 0.2) is 9.84 Å². The Morgan fingerprint density at radius 2 is 1.95 bits per heavy atom. The zero-order valence-electron chi connectivity index (χ0n) is 10.8. The van der Waals surface area contributed by atoms with Crippen LogP contribution in [0, 0.1) is 0 Å². The van der Waals surface area contributed by atoms with Crippen molar-refractivity contribution in [2.45, 2.75) is 23.0 Å². The van der Waals surface area contributed by atoms with E-state index in [1.807, 2.05) is 0 Å². The van der Waals surface area contributed by atoms with Gasteiger partial charge in [-0.1, -0.05) is 18.2 Å². The predicted octanol–water partition coefficient (Wildman–Crippen LogP) is 0.696. The van der Waals surface area contributed by atoms with E-state index in [9.17, 15) is 26.4 Å². The van der Waals surface area contributed by atoms with E-state index in [1.54, 1.807) is 0 Å². The van der Waals surface area contributed by atoms with E-state index in [4.69, 9.17) is 5.73 Å². The third kappa shape index (κ3) is 2.88. The van der Waals surface area contributed by atoms with Crippen molar-refractivity contribution < 1.29 is 26.4 Å². The van der Waals surface area contributed by atoms with E-state index < -0.39 is 39.8 Å². The van der Waals surface area contributed by atoms with Gasteiger partial charge in [0.05, 0.1) is 17.2 Å². The monoisotopic (exact) mass is 322 g/mol. The first kappa shape index (κ1) is 15.8. The molecule has 2 rings (SSSR count). The van der Waals surface area contributed by atoms with Crippen molar-refractivity contribution in [1.29, 1.82) is 0 Å². The molecule has 3 N–H and O–H groups in total. The molecule has 0 radical (unpaired) electrons. The molecule has 0 bridgehead atoms. The standard InChI is InChI=1S/C12H13F3N2O3S/c13-12(14,15)7-17-11(10(16)18)5-6-21(19,20)9-4-2-1-3-8(9)11/h1-4,17H,5-7H2,(H2,16,18). The number of rotatable bonds is 3. The Kier molecular flexibility index (Phi) is 3.75. The Hall–Kier alpha value is -1.61. The lowest BCUT2D eigenvalue weighted by Gasteiger charge is -2.37. The molecular formula is C12H13F3N2O3S. The molecule has 0 aromatic heterocycles. The van der Waals surface area contributed by atoms with Gasteiger partial charge in [-0.05, 0) is 12.5 Å². The normalized spacial score (nSPS) is 24.3. The molecule has 0 saturated heterocycles. The number of hydrogen-bond acceptors (Lipinski definition) is 4. The molecule has 9 heteroatoms. The van der Waals surface area contributed by atoms with Gasteiger partial charge in [-0.25, -0.2) is 8.42 Å². The van der Waals surface area contributed by atoms with E-state index in [0.717, 1.165) is 0 Å². The highest BCUT2D eigenvalue weighted by molar-refractivity contribution is 7.91. The fourth-order valence-corrected chi connectivity index (χ4v) is 4.06. The number of primary amides is 1. The molecule has 1 unspecified atom stereocenters. The quantitative estimate of drug-likeness (QED) is 0.857. The van der Waals surface area contributed by atoms with E-state index in [0.29, 0.717) is 0 Å². The summed E-state index contributed by atoms with van der Waals surface area (Å²) in [5.74, 6) is -1.48. The number of amides is 1. The number of benzene rings is 1. The van der Waals surface area contributed by atoms with Gasteiger partial charge in [0.25, 0.3) is 0 Å². The van der Waals surface area contributed by atoms with E-state index in [2.05, 4.69) is 5.32 Å². The fourth-order valence-electron chi connectivity index (χ4n) is 2.40. The minimum Gasteiger partial charge on any atom is -0.368 e. The van der Waals surface area contributed by atoms with Crippen molar-refractivity contribution in [2.75, 3.05) is 12.3 Å². The largest absolute Gasteiger partial charge is 0.401 e. The number of nitrogens with one attached hydrogen (secondary N) is 1. The van der Waals surface area contributed by atoms with Crippen LogP contribution in [-0.4, -0.2) is 32.8 Å². The highest BCUT2D eigenvalue weighted by Crippen LogP contribution is 2.37. The van der Waals surface area contributed by atoms with E-state index >= 15 is 0 Å². The van der Waals surface area contributed by atoms with Gasteiger partial charge >= 0.3 is 6.18 Å². The summed E-state index contributed by atoms with van der Waals surface area (Å²) in [6.45, 7) is -1.44. The average molecular weight is 322 g/mol. The minimum absolute atomic E-state index is 0.0343. The molecule has 21 heavy (non-hydrogen) atoms. The van der Waals surface area contributed by atoms with Gasteiger partial charge in [0, 0.05) is 5.56 Å². The van der Waals surface area contributed by atoms with Crippen molar-refractivity contribution in [3.63, 3.8) is 0 Å². The van der Waals surface area contributed by atoms with Gasteiger partial charge in [-0.2, -0.15) is 13.2 Å². The molecule has 1 aromatic rings. The number of hydrogen-bond donors (Lipinski definition) is 2. The predicted molar refractivity (Wildman–Crippen MR) is 68.0 cm³/mol. The number of carbonyl (C=O) groups is 1. The number of halogens is 3. The molecule has 0 spiro atoms. The van der Waals surface area contributed by atoms with Crippen LogP contribution in [0.5, 0.6) is 0 Å². The third-order valence-electron chi connectivity index (χ3n) is 3.44. The Bertz CT molecular complexity index is 673. The van der Waals surface area contributed by atoms with Gasteiger partial charge in [0.1, 0.15) is 5.54 Å². The van der Waals surface area contributed by atoms with E-state index in [1.165, 1.54) is 24.3 Å². The zero-order chi connectivity index (χ0) is 15.9. The molecule has 1 heterocycles. The number of alkyl halides is 3. The van der Waals surface area contributed by atoms with Gasteiger partial charge in [-0.3, -0.25) is 10.1 Å². The van der Waals surface area contributed by atoms with Crippen LogP contribution in [0.3, 0.4) is 0 Å². The minimum atomic E-state index is -4.55. The highest BCUT2D eigenvalue weighted by atomic mass is 32.2. The van der Waals surface area contributed by atoms with Gasteiger partial charge < -0.3 is 5.73 Å². The van der Waals surface area contributed by atoms with E-state index in [-0.39, 0.29) is 16.9 Å². The molecule has 0 saturated carbocycles. The lowest BCUT2D eigenvalue weighted by molar-refractivity contribution is -0.137. The van der Waals surface area contributed by atoms with Crippen LogP contribution in [-0.2, 0) is 20.2 Å². The highest BCUT2D eigenvalue weighted by Gasteiger charge is 2.47. The number of sulfone groups is 1. The van der Waals surface area contributed by atoms with Crippen molar-refractivity contribution >= 4 is 15.7 Å². The fraction of sp³-hybridized carbons (Fsp3) is 0.417. The molecule has 1 amide bonds. The molecule has 1 aliphatic heterocycles. The average Bonchev–Trinajstić information content (AvgIpc) is 2.37. The van der Waals surface area contributed by atoms with Crippen LogP contribution < -0.4 is 11.1 Å². The van der Waals surface area contributed by atoms with Crippen molar-refractivity contribution in [2.24, 2.45) is 5.73 Å². The smallest absolute Gasteiger partial charge is 0.368 e. The molecule has 0 aliphatic carbocycles. The molecule has 116 valence electrons. The van der Waals surface area contributed by atoms with Crippen LogP contribution >= 0.6 is 0 Å². The SMILES string of the molecule is NC(=O)C1(NCC(F)(F)F)CCS(=O)(=O)c2ccccc21. The van der Waals surface area contributed by atoms with Crippen LogP contribution in [0.2, 0.25) is 0 Å². The molecule has 0 fully saturated rings. The molecule has 1 aromatic carbocycles. The number of fused-ring (bicyclic) bond motifs is 1. The van der Waals surface area contributed by atoms with Crippen molar-refractivity contribution in [3.8, 4) is 0 Å². The second-order valence-corrected chi connectivity index (χ2v) is 6.88. The Morgan fingerprint density at radius 3 is 2.52 bits per heavy atom. The second kappa shape index (κ2) is 4.99. The molecule has 1 atom stereocenters. The van der Waals surface area contributed by atoms with Crippen LogP contribution in [0.15, 0.2) is 29.2 Å². The summed E-state index contributed by atoms with van der Waals surface area (Å²) in [5, 5.41) is 2.10. The molecule has 1 aliphatic rings. The summed E-state index contributed by atoms with van der Waals surface area (Å²) < 4.78 is 61.3. The Labute approximate surface area is 119 Å². The van der Waals surface area contributed by atoms with Crippen molar-refractivity contribution in [3.05, 3.63) is 29.8 Å². The van der Waals surface area contributed by atoms with Crippen molar-refractivity contribution in [1.82, 2.24) is 5.32 Å². The zero-order valence-corrected chi connectivity index (χ0v) is 11.6. The van der Waals surface area contributed by atoms with Gasteiger partial charge in [0.2, 0.25) is 5.91 Å². The number of carbonyl (C=O) groups excluding carboxylic acids is 1. The van der Waals surface area contributed by atoms with Gasteiger partial charge in [-0.15, -0.1) is 0 Å². The lowest BCUT2D eigenvalue weighted by atomic mass is 9.85. The summed E-state index contributed by atoms with van der Waals surface area (Å²) in [6.07, 6.45) is -4.88. The second-order valence-electron chi connectivity index (χ2n) is 4.80. The summed E-state index contributed by atoms with van der Waals surface area (Å²) in [5.41, 5.74) is 3.40. The maximum Gasteiger partial charge on any atom is 0.401 e. The van der Waals surface area contributed by atoms with Crippen LogP contribution in [0.4, 0.5) is 13.2 Å². The number of nitrogens with two attached hydrogens (primary N) is 1. The summed E-state index contributed by atoms with van der Waals surface area (Å²) >= 11 is 0.